The van der Waals surface area contributed by atoms with E-state index >= 15 is 0 Å². The van der Waals surface area contributed by atoms with E-state index in [1.165, 1.54) is 18.2 Å². The van der Waals surface area contributed by atoms with Gasteiger partial charge in [0.2, 0.25) is 0 Å². The second kappa shape index (κ2) is 4.22. The minimum absolute atomic E-state index is 0.111. The molecule has 0 atom stereocenters. The van der Waals surface area contributed by atoms with Gasteiger partial charge in [-0.25, -0.2) is 4.39 Å². The number of hydrogen-bond donors (Lipinski definition) is 1. The molecule has 0 heterocycles. The fraction of sp³-hybridized carbons (Fsp3) is 0.364. The van der Waals surface area contributed by atoms with E-state index in [4.69, 9.17) is 23.2 Å². The van der Waals surface area contributed by atoms with Crippen molar-refractivity contribution in [3.05, 3.63) is 34.6 Å². The van der Waals surface area contributed by atoms with Crippen molar-refractivity contribution in [3.63, 3.8) is 0 Å². The van der Waals surface area contributed by atoms with Gasteiger partial charge in [0.15, 0.2) is 0 Å². The molecular formula is C11H10Cl2FNO. The zero-order chi connectivity index (χ0) is 11.8. The molecule has 0 bridgehead atoms. The number of carbonyl (C=O) groups is 1. The first-order valence-corrected chi connectivity index (χ1v) is 5.82. The molecule has 1 fully saturated rings. The molecule has 5 heteroatoms. The van der Waals surface area contributed by atoms with E-state index in [1.807, 2.05) is 0 Å². The maximum atomic E-state index is 13.4. The molecule has 0 aliphatic heterocycles. The highest BCUT2D eigenvalue weighted by Gasteiger charge is 2.43. The van der Waals surface area contributed by atoms with Crippen LogP contribution in [-0.4, -0.2) is 17.3 Å². The van der Waals surface area contributed by atoms with Crippen LogP contribution in [0, 0.1) is 5.82 Å². The molecular weight excluding hydrogens is 252 g/mol. The number of hydrogen-bond acceptors (Lipinski definition) is 1. The summed E-state index contributed by atoms with van der Waals surface area (Å²) in [5.74, 6) is -0.776. The van der Waals surface area contributed by atoms with Crippen molar-refractivity contribution in [2.24, 2.45) is 0 Å². The van der Waals surface area contributed by atoms with Crippen molar-refractivity contribution in [1.29, 1.82) is 0 Å². The molecule has 0 radical (unpaired) electrons. The summed E-state index contributed by atoms with van der Waals surface area (Å²) in [5, 5.41) is 2.83. The van der Waals surface area contributed by atoms with Crippen LogP contribution in [0.15, 0.2) is 18.2 Å². The predicted molar refractivity (Wildman–Crippen MR) is 61.6 cm³/mol. The third-order valence-corrected chi connectivity index (χ3v) is 3.50. The Kier molecular flexibility index (Phi) is 3.08. The lowest BCUT2D eigenvalue weighted by Gasteiger charge is -2.14. The topological polar surface area (TPSA) is 29.1 Å². The van der Waals surface area contributed by atoms with Crippen molar-refractivity contribution in [1.82, 2.24) is 5.32 Å². The SMILES string of the molecule is O=C(NC1(CCl)CC1)c1c(F)cccc1Cl. The molecule has 1 saturated carbocycles. The minimum Gasteiger partial charge on any atom is -0.345 e. The molecule has 1 amide bonds. The van der Waals surface area contributed by atoms with E-state index in [2.05, 4.69) is 5.32 Å². The van der Waals surface area contributed by atoms with Crippen molar-refractivity contribution >= 4 is 29.1 Å². The van der Waals surface area contributed by atoms with E-state index in [1.54, 1.807) is 0 Å². The maximum Gasteiger partial charge on any atom is 0.256 e. The summed E-state index contributed by atoms with van der Waals surface area (Å²) in [7, 11) is 0. The number of amides is 1. The van der Waals surface area contributed by atoms with Gasteiger partial charge in [-0.1, -0.05) is 17.7 Å². The second-order valence-electron chi connectivity index (χ2n) is 3.96. The first-order chi connectivity index (χ1) is 7.58. The number of carbonyl (C=O) groups excluding carboxylic acids is 1. The zero-order valence-corrected chi connectivity index (χ0v) is 9.91. The molecule has 1 N–H and O–H groups in total. The quantitative estimate of drug-likeness (QED) is 0.833. The van der Waals surface area contributed by atoms with Gasteiger partial charge in [-0.05, 0) is 25.0 Å². The van der Waals surface area contributed by atoms with Gasteiger partial charge in [-0.15, -0.1) is 11.6 Å². The van der Waals surface area contributed by atoms with Gasteiger partial charge in [-0.2, -0.15) is 0 Å². The molecule has 2 nitrogen and oxygen atoms in total. The summed E-state index contributed by atoms with van der Waals surface area (Å²) in [6, 6.07) is 4.16. The van der Waals surface area contributed by atoms with Gasteiger partial charge in [-0.3, -0.25) is 4.79 Å². The molecule has 1 aromatic carbocycles. The van der Waals surface area contributed by atoms with Crippen LogP contribution in [-0.2, 0) is 0 Å². The maximum absolute atomic E-state index is 13.4. The first kappa shape index (κ1) is 11.7. The standard InChI is InChI=1S/C11H10Cl2FNO/c12-6-11(4-5-11)15-10(16)9-7(13)2-1-3-8(9)14/h1-3H,4-6H2,(H,15,16). The molecule has 0 aromatic heterocycles. The summed E-state index contributed by atoms with van der Waals surface area (Å²) >= 11 is 11.5. The van der Waals surface area contributed by atoms with Crippen LogP contribution >= 0.6 is 23.2 Å². The minimum atomic E-state index is -0.615. The Labute approximate surface area is 103 Å². The molecule has 1 aliphatic carbocycles. The Bertz CT molecular complexity index is 412. The monoisotopic (exact) mass is 261 g/mol. The Morgan fingerprint density at radius 1 is 1.50 bits per heavy atom. The molecule has 16 heavy (non-hydrogen) atoms. The predicted octanol–water partition coefficient (Wildman–Crippen LogP) is 2.98. The molecule has 2 rings (SSSR count). The van der Waals surface area contributed by atoms with Crippen LogP contribution in [0.1, 0.15) is 23.2 Å². The lowest BCUT2D eigenvalue weighted by molar-refractivity contribution is 0.0932. The number of benzene rings is 1. The fourth-order valence-corrected chi connectivity index (χ4v) is 2.04. The fourth-order valence-electron chi connectivity index (χ4n) is 1.46. The van der Waals surface area contributed by atoms with Crippen LogP contribution in [0.25, 0.3) is 0 Å². The normalized spacial score (nSPS) is 16.9. The van der Waals surface area contributed by atoms with Gasteiger partial charge in [0, 0.05) is 5.88 Å². The molecule has 1 aromatic rings. The summed E-state index contributed by atoms with van der Waals surface area (Å²) in [4.78, 5) is 11.8. The number of rotatable bonds is 3. The number of nitrogens with one attached hydrogen (secondary N) is 1. The van der Waals surface area contributed by atoms with Crippen LogP contribution in [0.4, 0.5) is 4.39 Å². The number of alkyl halides is 1. The van der Waals surface area contributed by atoms with Gasteiger partial charge in [0.25, 0.3) is 5.91 Å². The smallest absolute Gasteiger partial charge is 0.256 e. The van der Waals surface area contributed by atoms with Crippen LogP contribution in [0.3, 0.4) is 0 Å². The van der Waals surface area contributed by atoms with E-state index < -0.39 is 11.7 Å². The molecule has 1 aliphatic rings. The second-order valence-corrected chi connectivity index (χ2v) is 4.64. The van der Waals surface area contributed by atoms with Gasteiger partial charge in [0.1, 0.15) is 5.82 Å². The Morgan fingerprint density at radius 2 is 2.19 bits per heavy atom. The highest BCUT2D eigenvalue weighted by Crippen LogP contribution is 2.37. The van der Waals surface area contributed by atoms with E-state index in [0.717, 1.165) is 12.8 Å². The van der Waals surface area contributed by atoms with Crippen molar-refractivity contribution < 1.29 is 9.18 Å². The van der Waals surface area contributed by atoms with Crippen molar-refractivity contribution in [3.8, 4) is 0 Å². The summed E-state index contributed by atoms with van der Waals surface area (Å²) in [5.41, 5.74) is -0.467. The van der Waals surface area contributed by atoms with Gasteiger partial charge >= 0.3 is 0 Å². The molecule has 0 saturated heterocycles. The van der Waals surface area contributed by atoms with Gasteiger partial charge in [0.05, 0.1) is 16.1 Å². The van der Waals surface area contributed by atoms with Crippen molar-refractivity contribution in [2.45, 2.75) is 18.4 Å². The lowest BCUT2D eigenvalue weighted by atomic mass is 10.2. The zero-order valence-electron chi connectivity index (χ0n) is 8.40. The van der Waals surface area contributed by atoms with Crippen LogP contribution < -0.4 is 5.32 Å². The Balaban J connectivity index is 2.21. The number of halogens is 3. The molecule has 0 unspecified atom stereocenters. The van der Waals surface area contributed by atoms with E-state index in [9.17, 15) is 9.18 Å². The van der Waals surface area contributed by atoms with E-state index in [-0.39, 0.29) is 16.1 Å². The Morgan fingerprint density at radius 3 is 2.69 bits per heavy atom. The molecule has 0 spiro atoms. The largest absolute Gasteiger partial charge is 0.345 e. The highest BCUT2D eigenvalue weighted by atomic mass is 35.5. The average molecular weight is 262 g/mol. The third kappa shape index (κ3) is 2.15. The average Bonchev–Trinajstić information content (AvgIpc) is 2.98. The summed E-state index contributed by atoms with van der Waals surface area (Å²) in [6.45, 7) is 0. The highest BCUT2D eigenvalue weighted by molar-refractivity contribution is 6.33. The summed E-state index contributed by atoms with van der Waals surface area (Å²) < 4.78 is 13.4. The van der Waals surface area contributed by atoms with Gasteiger partial charge < -0.3 is 5.32 Å². The molecule has 86 valence electrons. The van der Waals surface area contributed by atoms with E-state index in [0.29, 0.717) is 5.88 Å². The lowest BCUT2D eigenvalue weighted by Crippen LogP contribution is -2.38. The third-order valence-electron chi connectivity index (χ3n) is 2.68. The van der Waals surface area contributed by atoms with Crippen molar-refractivity contribution in [2.75, 3.05) is 5.88 Å². The Hall–Kier alpha value is -0.800. The van der Waals surface area contributed by atoms with Crippen LogP contribution in [0.5, 0.6) is 0 Å². The van der Waals surface area contributed by atoms with Crippen LogP contribution in [0.2, 0.25) is 5.02 Å². The summed E-state index contributed by atoms with van der Waals surface area (Å²) in [6.07, 6.45) is 1.66. The first-order valence-electron chi connectivity index (χ1n) is 4.90.